The summed E-state index contributed by atoms with van der Waals surface area (Å²) in [4.78, 5) is 25.4. The molecule has 1 heterocycles. The molecule has 108 valence electrons. The molecule has 1 amide bonds. The van der Waals surface area contributed by atoms with Gasteiger partial charge in [0.15, 0.2) is 0 Å². The van der Waals surface area contributed by atoms with Crippen LogP contribution in [0, 0.1) is 0 Å². The first-order valence-corrected chi connectivity index (χ1v) is 6.87. The van der Waals surface area contributed by atoms with E-state index in [1.165, 1.54) is 7.11 Å². The monoisotopic (exact) mass is 276 g/mol. The van der Waals surface area contributed by atoms with E-state index >= 15 is 0 Å². The lowest BCUT2D eigenvalue weighted by Gasteiger charge is -2.16. The zero-order valence-electron chi connectivity index (χ0n) is 11.7. The number of rotatable bonds is 5. The van der Waals surface area contributed by atoms with Crippen molar-refractivity contribution in [2.45, 2.75) is 19.4 Å². The Bertz CT molecular complexity index is 482. The zero-order valence-corrected chi connectivity index (χ0v) is 11.7. The van der Waals surface area contributed by atoms with Crippen LogP contribution in [0.4, 0.5) is 0 Å². The van der Waals surface area contributed by atoms with E-state index in [4.69, 9.17) is 4.74 Å². The van der Waals surface area contributed by atoms with Crippen molar-refractivity contribution in [2.24, 2.45) is 0 Å². The average molecular weight is 276 g/mol. The Morgan fingerprint density at radius 2 is 1.95 bits per heavy atom. The summed E-state index contributed by atoms with van der Waals surface area (Å²) in [6, 6.07) is 7.25. The summed E-state index contributed by atoms with van der Waals surface area (Å²) in [6.45, 7) is 2.50. The van der Waals surface area contributed by atoms with Gasteiger partial charge in [-0.2, -0.15) is 0 Å². The third-order valence-corrected chi connectivity index (χ3v) is 3.47. The molecule has 0 aliphatic carbocycles. The van der Waals surface area contributed by atoms with Crippen molar-refractivity contribution < 1.29 is 14.3 Å². The van der Waals surface area contributed by atoms with Gasteiger partial charge in [-0.15, -0.1) is 0 Å². The van der Waals surface area contributed by atoms with Crippen molar-refractivity contribution in [1.82, 2.24) is 10.2 Å². The molecule has 0 spiro atoms. The van der Waals surface area contributed by atoms with E-state index in [1.54, 1.807) is 12.1 Å². The fourth-order valence-corrected chi connectivity index (χ4v) is 2.37. The van der Waals surface area contributed by atoms with Gasteiger partial charge in [0.25, 0.3) is 0 Å². The molecule has 1 aromatic rings. The van der Waals surface area contributed by atoms with Crippen molar-refractivity contribution in [3.8, 4) is 0 Å². The van der Waals surface area contributed by atoms with Gasteiger partial charge in [0.1, 0.15) is 0 Å². The van der Waals surface area contributed by atoms with Crippen LogP contribution in [0.1, 0.15) is 28.8 Å². The van der Waals surface area contributed by atoms with E-state index in [0.29, 0.717) is 18.7 Å². The first-order chi connectivity index (χ1) is 9.72. The Balaban J connectivity index is 1.87. The quantitative estimate of drug-likeness (QED) is 0.821. The van der Waals surface area contributed by atoms with Crippen molar-refractivity contribution in [3.05, 3.63) is 35.4 Å². The Morgan fingerprint density at radius 1 is 1.25 bits per heavy atom. The molecule has 2 rings (SSSR count). The standard InChI is InChI=1S/C15H20N2O3/c1-20-15(19)13-7-3-2-6-12(13)10-16-11-14(18)17-8-4-5-9-17/h2-3,6-7,16H,4-5,8-11H2,1H3. The van der Waals surface area contributed by atoms with Crippen LogP contribution in [-0.2, 0) is 16.1 Å². The number of amides is 1. The highest BCUT2D eigenvalue weighted by Crippen LogP contribution is 2.10. The second kappa shape index (κ2) is 7.05. The van der Waals surface area contributed by atoms with E-state index in [2.05, 4.69) is 5.32 Å². The van der Waals surface area contributed by atoms with Gasteiger partial charge in [0, 0.05) is 19.6 Å². The largest absolute Gasteiger partial charge is 0.465 e. The molecule has 1 aliphatic heterocycles. The van der Waals surface area contributed by atoms with Crippen LogP contribution < -0.4 is 5.32 Å². The van der Waals surface area contributed by atoms with E-state index in [9.17, 15) is 9.59 Å². The van der Waals surface area contributed by atoms with Crippen molar-refractivity contribution in [2.75, 3.05) is 26.7 Å². The molecule has 1 saturated heterocycles. The van der Waals surface area contributed by atoms with Crippen LogP contribution in [0.2, 0.25) is 0 Å². The highest BCUT2D eigenvalue weighted by Gasteiger charge is 2.17. The normalized spacial score (nSPS) is 14.3. The summed E-state index contributed by atoms with van der Waals surface area (Å²) < 4.78 is 4.74. The lowest BCUT2D eigenvalue weighted by Crippen LogP contribution is -2.36. The van der Waals surface area contributed by atoms with Gasteiger partial charge in [-0.25, -0.2) is 4.79 Å². The molecule has 1 aliphatic rings. The van der Waals surface area contributed by atoms with Gasteiger partial charge in [-0.05, 0) is 24.5 Å². The summed E-state index contributed by atoms with van der Waals surface area (Å²) in [6.07, 6.45) is 2.19. The maximum Gasteiger partial charge on any atom is 0.338 e. The number of hydrogen-bond acceptors (Lipinski definition) is 4. The molecule has 5 heteroatoms. The Hall–Kier alpha value is -1.88. The number of nitrogens with zero attached hydrogens (tertiary/aromatic N) is 1. The molecule has 1 fully saturated rings. The number of esters is 1. The molecular formula is C15H20N2O3. The van der Waals surface area contributed by atoms with E-state index in [-0.39, 0.29) is 11.9 Å². The number of benzene rings is 1. The SMILES string of the molecule is COC(=O)c1ccccc1CNCC(=O)N1CCCC1. The Kier molecular flexibility index (Phi) is 5.12. The minimum absolute atomic E-state index is 0.123. The molecule has 0 aromatic heterocycles. The molecule has 1 N–H and O–H groups in total. The molecule has 0 radical (unpaired) electrons. The number of carbonyl (C=O) groups excluding carboxylic acids is 2. The Labute approximate surface area is 118 Å². The molecule has 1 aromatic carbocycles. The lowest BCUT2D eigenvalue weighted by atomic mass is 10.1. The third-order valence-electron chi connectivity index (χ3n) is 3.47. The van der Waals surface area contributed by atoms with Crippen LogP contribution in [0.15, 0.2) is 24.3 Å². The number of likely N-dealkylation sites (tertiary alicyclic amines) is 1. The smallest absolute Gasteiger partial charge is 0.338 e. The minimum Gasteiger partial charge on any atom is -0.465 e. The topological polar surface area (TPSA) is 58.6 Å². The van der Waals surface area contributed by atoms with Gasteiger partial charge < -0.3 is 15.0 Å². The number of methoxy groups -OCH3 is 1. The first-order valence-electron chi connectivity index (χ1n) is 6.87. The van der Waals surface area contributed by atoms with E-state index < -0.39 is 0 Å². The van der Waals surface area contributed by atoms with Crippen LogP contribution in [-0.4, -0.2) is 43.5 Å². The van der Waals surface area contributed by atoms with Crippen molar-refractivity contribution in [1.29, 1.82) is 0 Å². The third kappa shape index (κ3) is 3.57. The predicted octanol–water partition coefficient (Wildman–Crippen LogP) is 1.19. The molecule has 0 saturated carbocycles. The van der Waals surface area contributed by atoms with Gasteiger partial charge in [0.2, 0.25) is 5.91 Å². The number of ether oxygens (including phenoxy) is 1. The van der Waals surface area contributed by atoms with Crippen molar-refractivity contribution >= 4 is 11.9 Å². The van der Waals surface area contributed by atoms with Crippen LogP contribution in [0.5, 0.6) is 0 Å². The maximum absolute atomic E-state index is 11.9. The second-order valence-corrected chi connectivity index (χ2v) is 4.84. The fraction of sp³-hybridized carbons (Fsp3) is 0.467. The summed E-state index contributed by atoms with van der Waals surface area (Å²) in [5.74, 6) is -0.230. The molecule has 0 unspecified atom stereocenters. The number of carbonyl (C=O) groups is 2. The molecule has 20 heavy (non-hydrogen) atoms. The second-order valence-electron chi connectivity index (χ2n) is 4.84. The van der Waals surface area contributed by atoms with E-state index in [0.717, 1.165) is 31.5 Å². The van der Waals surface area contributed by atoms with Crippen LogP contribution in [0.3, 0.4) is 0 Å². The summed E-state index contributed by atoms with van der Waals surface area (Å²) in [7, 11) is 1.36. The van der Waals surface area contributed by atoms with E-state index in [1.807, 2.05) is 17.0 Å². The summed E-state index contributed by atoms with van der Waals surface area (Å²) >= 11 is 0. The fourth-order valence-electron chi connectivity index (χ4n) is 2.37. The zero-order chi connectivity index (χ0) is 14.4. The first kappa shape index (κ1) is 14.5. The number of nitrogens with one attached hydrogen (secondary N) is 1. The predicted molar refractivity (Wildman–Crippen MR) is 75.3 cm³/mol. The van der Waals surface area contributed by atoms with Crippen LogP contribution >= 0.6 is 0 Å². The molecule has 0 atom stereocenters. The maximum atomic E-state index is 11.9. The summed E-state index contributed by atoms with van der Waals surface area (Å²) in [5.41, 5.74) is 1.38. The molecular weight excluding hydrogens is 256 g/mol. The van der Waals surface area contributed by atoms with Gasteiger partial charge in [0.05, 0.1) is 19.2 Å². The minimum atomic E-state index is -0.353. The molecule has 0 bridgehead atoms. The molecule has 5 nitrogen and oxygen atoms in total. The van der Waals surface area contributed by atoms with Gasteiger partial charge >= 0.3 is 5.97 Å². The highest BCUT2D eigenvalue weighted by molar-refractivity contribution is 5.91. The highest BCUT2D eigenvalue weighted by atomic mass is 16.5. The number of hydrogen-bond donors (Lipinski definition) is 1. The van der Waals surface area contributed by atoms with Gasteiger partial charge in [-0.1, -0.05) is 18.2 Å². The van der Waals surface area contributed by atoms with Crippen LogP contribution in [0.25, 0.3) is 0 Å². The van der Waals surface area contributed by atoms with Crippen molar-refractivity contribution in [3.63, 3.8) is 0 Å². The lowest BCUT2D eigenvalue weighted by molar-refractivity contribution is -0.129. The summed E-state index contributed by atoms with van der Waals surface area (Å²) in [5, 5.41) is 3.10. The average Bonchev–Trinajstić information content (AvgIpc) is 3.01. The Morgan fingerprint density at radius 3 is 2.65 bits per heavy atom. The van der Waals surface area contributed by atoms with Gasteiger partial charge in [-0.3, -0.25) is 4.79 Å².